The van der Waals surface area contributed by atoms with E-state index >= 15 is 0 Å². The van der Waals surface area contributed by atoms with E-state index in [9.17, 15) is 9.90 Å². The summed E-state index contributed by atoms with van der Waals surface area (Å²) in [6.45, 7) is 3.17. The number of nitrogens with two attached hydrogens (primary N) is 1. The Balaban J connectivity index is 3.39. The van der Waals surface area contributed by atoms with Crippen molar-refractivity contribution in [2.24, 2.45) is 5.73 Å². The standard InChI is InChI=1S/C12H25NO4S/c1-3-4-6-17-8-10(14)9-18-7-5-11(13)12(15)16-2/h10-11,14H,3-9,13H2,1-2H3. The Labute approximate surface area is 113 Å². The van der Waals surface area contributed by atoms with Crippen LogP contribution in [-0.4, -0.2) is 55.1 Å². The van der Waals surface area contributed by atoms with Crippen LogP contribution in [0, 0.1) is 0 Å². The minimum absolute atomic E-state index is 0.371. The molecule has 5 nitrogen and oxygen atoms in total. The van der Waals surface area contributed by atoms with E-state index in [0.717, 1.165) is 18.6 Å². The number of carbonyl (C=O) groups excluding carboxylic acids is 1. The maximum atomic E-state index is 11.0. The zero-order valence-corrected chi connectivity index (χ0v) is 12.1. The number of esters is 1. The lowest BCUT2D eigenvalue weighted by Crippen LogP contribution is -2.32. The van der Waals surface area contributed by atoms with E-state index in [4.69, 9.17) is 10.5 Å². The van der Waals surface area contributed by atoms with Crippen LogP contribution in [-0.2, 0) is 14.3 Å². The van der Waals surface area contributed by atoms with Crippen LogP contribution in [0.15, 0.2) is 0 Å². The van der Waals surface area contributed by atoms with Gasteiger partial charge in [-0.05, 0) is 18.6 Å². The summed E-state index contributed by atoms with van der Waals surface area (Å²) in [6.07, 6.45) is 2.21. The number of rotatable bonds is 11. The number of hydrogen-bond donors (Lipinski definition) is 2. The third-order valence-electron chi connectivity index (χ3n) is 2.34. The zero-order valence-electron chi connectivity index (χ0n) is 11.3. The van der Waals surface area contributed by atoms with Crippen LogP contribution in [0.25, 0.3) is 0 Å². The van der Waals surface area contributed by atoms with Gasteiger partial charge >= 0.3 is 5.97 Å². The van der Waals surface area contributed by atoms with Crippen molar-refractivity contribution in [1.82, 2.24) is 0 Å². The zero-order chi connectivity index (χ0) is 13.8. The Bertz CT molecular complexity index is 216. The largest absolute Gasteiger partial charge is 0.468 e. The fourth-order valence-electron chi connectivity index (χ4n) is 1.21. The molecule has 108 valence electrons. The first kappa shape index (κ1) is 17.7. The quantitative estimate of drug-likeness (QED) is 0.430. The maximum Gasteiger partial charge on any atom is 0.322 e. The number of ether oxygens (including phenoxy) is 2. The smallest absolute Gasteiger partial charge is 0.322 e. The molecular weight excluding hydrogens is 254 g/mol. The minimum atomic E-state index is -0.569. The normalized spacial score (nSPS) is 14.2. The van der Waals surface area contributed by atoms with Gasteiger partial charge in [-0.3, -0.25) is 4.79 Å². The van der Waals surface area contributed by atoms with E-state index in [-0.39, 0.29) is 5.97 Å². The Morgan fingerprint density at radius 1 is 1.50 bits per heavy atom. The average Bonchev–Trinajstić information content (AvgIpc) is 2.38. The molecule has 0 spiro atoms. The highest BCUT2D eigenvalue weighted by atomic mass is 32.2. The van der Waals surface area contributed by atoms with Crippen molar-refractivity contribution >= 4 is 17.7 Å². The summed E-state index contributed by atoms with van der Waals surface area (Å²) in [5, 5.41) is 9.60. The molecule has 0 aromatic rings. The lowest BCUT2D eigenvalue weighted by molar-refractivity contribution is -0.142. The second kappa shape index (κ2) is 11.8. The molecule has 0 aliphatic heterocycles. The van der Waals surface area contributed by atoms with Crippen LogP contribution >= 0.6 is 11.8 Å². The highest BCUT2D eigenvalue weighted by Crippen LogP contribution is 2.07. The first-order valence-corrected chi connectivity index (χ1v) is 7.44. The predicted octanol–water partition coefficient (Wildman–Crippen LogP) is 0.788. The SMILES string of the molecule is CCCCOCC(O)CSCCC(N)C(=O)OC. The van der Waals surface area contributed by atoms with Crippen LogP contribution in [0.1, 0.15) is 26.2 Å². The van der Waals surface area contributed by atoms with Crippen molar-refractivity contribution in [3.05, 3.63) is 0 Å². The molecule has 0 saturated heterocycles. The molecule has 0 aliphatic rings. The van der Waals surface area contributed by atoms with Gasteiger partial charge in [0.15, 0.2) is 0 Å². The topological polar surface area (TPSA) is 81.8 Å². The number of aliphatic hydroxyl groups excluding tert-OH is 1. The van der Waals surface area contributed by atoms with Crippen molar-refractivity contribution in [3.63, 3.8) is 0 Å². The summed E-state index contributed by atoms with van der Waals surface area (Å²) in [7, 11) is 1.33. The van der Waals surface area contributed by atoms with E-state index < -0.39 is 12.1 Å². The number of aliphatic hydroxyl groups is 1. The molecule has 0 rings (SSSR count). The fourth-order valence-corrected chi connectivity index (χ4v) is 2.17. The molecule has 0 radical (unpaired) electrons. The number of methoxy groups -OCH3 is 1. The highest BCUT2D eigenvalue weighted by Gasteiger charge is 2.13. The van der Waals surface area contributed by atoms with Gasteiger partial charge < -0.3 is 20.3 Å². The molecule has 2 atom stereocenters. The molecule has 6 heteroatoms. The van der Waals surface area contributed by atoms with Crippen molar-refractivity contribution in [1.29, 1.82) is 0 Å². The van der Waals surface area contributed by atoms with Gasteiger partial charge in [0.25, 0.3) is 0 Å². The van der Waals surface area contributed by atoms with Gasteiger partial charge in [-0.2, -0.15) is 11.8 Å². The number of carbonyl (C=O) groups is 1. The Hall–Kier alpha value is -0.300. The summed E-state index contributed by atoms with van der Waals surface area (Å²) in [5.41, 5.74) is 5.58. The molecule has 0 bridgehead atoms. The van der Waals surface area contributed by atoms with E-state index in [1.807, 2.05) is 0 Å². The fraction of sp³-hybridized carbons (Fsp3) is 0.917. The summed E-state index contributed by atoms with van der Waals surface area (Å²) in [4.78, 5) is 11.0. The van der Waals surface area contributed by atoms with Gasteiger partial charge in [-0.25, -0.2) is 0 Å². The molecule has 0 aromatic carbocycles. The second-order valence-electron chi connectivity index (χ2n) is 4.08. The number of unbranched alkanes of at least 4 members (excludes halogenated alkanes) is 1. The van der Waals surface area contributed by atoms with E-state index in [2.05, 4.69) is 11.7 Å². The maximum absolute atomic E-state index is 11.0. The average molecular weight is 279 g/mol. The van der Waals surface area contributed by atoms with Crippen molar-refractivity contribution in [2.45, 2.75) is 38.3 Å². The molecule has 0 aliphatic carbocycles. The number of thioether (sulfide) groups is 1. The van der Waals surface area contributed by atoms with E-state index in [1.54, 1.807) is 11.8 Å². The van der Waals surface area contributed by atoms with Crippen LogP contribution < -0.4 is 5.73 Å². The lowest BCUT2D eigenvalue weighted by atomic mass is 10.2. The minimum Gasteiger partial charge on any atom is -0.468 e. The van der Waals surface area contributed by atoms with Gasteiger partial charge in [0.1, 0.15) is 6.04 Å². The molecular formula is C12H25NO4S. The monoisotopic (exact) mass is 279 g/mol. The Morgan fingerprint density at radius 2 is 2.22 bits per heavy atom. The predicted molar refractivity (Wildman–Crippen MR) is 73.7 cm³/mol. The molecule has 3 N–H and O–H groups in total. The third kappa shape index (κ3) is 9.70. The molecule has 0 aromatic heterocycles. The summed E-state index contributed by atoms with van der Waals surface area (Å²) in [5.74, 6) is 0.932. The first-order chi connectivity index (χ1) is 8.61. The molecule has 2 unspecified atom stereocenters. The summed E-state index contributed by atoms with van der Waals surface area (Å²) >= 11 is 1.56. The Morgan fingerprint density at radius 3 is 2.83 bits per heavy atom. The Kier molecular flexibility index (Phi) is 11.6. The molecule has 18 heavy (non-hydrogen) atoms. The highest BCUT2D eigenvalue weighted by molar-refractivity contribution is 7.99. The summed E-state index contributed by atoms with van der Waals surface area (Å²) in [6, 6.07) is -0.569. The van der Waals surface area contributed by atoms with Crippen LogP contribution in [0.5, 0.6) is 0 Å². The van der Waals surface area contributed by atoms with Crippen LogP contribution in [0.3, 0.4) is 0 Å². The summed E-state index contributed by atoms with van der Waals surface area (Å²) < 4.78 is 9.83. The molecule has 0 amide bonds. The van der Waals surface area contributed by atoms with Gasteiger partial charge in [0.05, 0.1) is 19.8 Å². The third-order valence-corrected chi connectivity index (χ3v) is 3.48. The van der Waals surface area contributed by atoms with Gasteiger partial charge in [-0.15, -0.1) is 0 Å². The van der Waals surface area contributed by atoms with E-state index in [0.29, 0.717) is 25.4 Å². The van der Waals surface area contributed by atoms with Crippen molar-refractivity contribution < 1.29 is 19.4 Å². The van der Waals surface area contributed by atoms with Crippen molar-refractivity contribution in [2.75, 3.05) is 31.8 Å². The molecule has 0 saturated carbocycles. The molecule has 0 heterocycles. The first-order valence-electron chi connectivity index (χ1n) is 6.28. The van der Waals surface area contributed by atoms with Gasteiger partial charge in [0.2, 0.25) is 0 Å². The van der Waals surface area contributed by atoms with E-state index in [1.165, 1.54) is 7.11 Å². The molecule has 0 fully saturated rings. The van der Waals surface area contributed by atoms with Crippen molar-refractivity contribution in [3.8, 4) is 0 Å². The van der Waals surface area contributed by atoms with Gasteiger partial charge in [0, 0.05) is 12.4 Å². The van der Waals surface area contributed by atoms with Crippen LogP contribution in [0.4, 0.5) is 0 Å². The lowest BCUT2D eigenvalue weighted by Gasteiger charge is -2.12. The van der Waals surface area contributed by atoms with Crippen LogP contribution in [0.2, 0.25) is 0 Å². The van der Waals surface area contributed by atoms with Gasteiger partial charge in [-0.1, -0.05) is 13.3 Å². The second-order valence-corrected chi connectivity index (χ2v) is 5.23. The number of hydrogen-bond acceptors (Lipinski definition) is 6.